The molecule has 0 aliphatic heterocycles. The van der Waals surface area contributed by atoms with Crippen molar-refractivity contribution in [2.45, 2.75) is 19.3 Å². The molecule has 0 saturated carbocycles. The first-order valence-corrected chi connectivity index (χ1v) is 6.63. The number of methoxy groups -OCH3 is 1. The standard InChI is InChI=1S/C17H21NO/c1-13-6-3-4-7-14(13)10-16(12-18)15-8-5-9-17(11-15)19-2/h3-9,11,16H,10,12,18H2,1-2H3. The third-order valence-electron chi connectivity index (χ3n) is 3.58. The summed E-state index contributed by atoms with van der Waals surface area (Å²) in [4.78, 5) is 0. The van der Waals surface area contributed by atoms with Gasteiger partial charge in [0.05, 0.1) is 7.11 Å². The molecule has 100 valence electrons. The van der Waals surface area contributed by atoms with Crippen LogP contribution >= 0.6 is 0 Å². The highest BCUT2D eigenvalue weighted by molar-refractivity contribution is 5.34. The summed E-state index contributed by atoms with van der Waals surface area (Å²) in [5, 5.41) is 0. The summed E-state index contributed by atoms with van der Waals surface area (Å²) in [5.41, 5.74) is 9.88. The third-order valence-corrected chi connectivity index (χ3v) is 3.58. The maximum absolute atomic E-state index is 5.95. The highest BCUT2D eigenvalue weighted by atomic mass is 16.5. The first-order valence-electron chi connectivity index (χ1n) is 6.63. The SMILES string of the molecule is COc1cccc(C(CN)Cc2ccccc2C)c1. The van der Waals surface area contributed by atoms with Crippen molar-refractivity contribution in [2.75, 3.05) is 13.7 Å². The summed E-state index contributed by atoms with van der Waals surface area (Å²) in [6, 6.07) is 16.7. The van der Waals surface area contributed by atoms with E-state index in [9.17, 15) is 0 Å². The largest absolute Gasteiger partial charge is 0.497 e. The van der Waals surface area contributed by atoms with Crippen LogP contribution in [0.15, 0.2) is 48.5 Å². The average molecular weight is 255 g/mol. The molecule has 0 spiro atoms. The molecular weight excluding hydrogens is 234 g/mol. The highest BCUT2D eigenvalue weighted by Gasteiger charge is 2.12. The van der Waals surface area contributed by atoms with Crippen LogP contribution in [0.2, 0.25) is 0 Å². The molecule has 2 aromatic rings. The molecule has 0 amide bonds. The van der Waals surface area contributed by atoms with Crippen molar-refractivity contribution in [3.05, 3.63) is 65.2 Å². The van der Waals surface area contributed by atoms with Crippen molar-refractivity contribution in [1.29, 1.82) is 0 Å². The van der Waals surface area contributed by atoms with Gasteiger partial charge in [0.1, 0.15) is 5.75 Å². The Labute approximate surface area is 115 Å². The van der Waals surface area contributed by atoms with E-state index in [0.29, 0.717) is 12.5 Å². The van der Waals surface area contributed by atoms with Gasteiger partial charge in [0.2, 0.25) is 0 Å². The zero-order valence-electron chi connectivity index (χ0n) is 11.6. The van der Waals surface area contributed by atoms with Gasteiger partial charge in [0.25, 0.3) is 0 Å². The lowest BCUT2D eigenvalue weighted by Crippen LogP contribution is -2.15. The van der Waals surface area contributed by atoms with Crippen molar-refractivity contribution in [3.63, 3.8) is 0 Å². The molecule has 0 aliphatic rings. The van der Waals surface area contributed by atoms with Gasteiger partial charge >= 0.3 is 0 Å². The first kappa shape index (κ1) is 13.6. The Hall–Kier alpha value is -1.80. The Morgan fingerprint density at radius 1 is 1.11 bits per heavy atom. The minimum absolute atomic E-state index is 0.330. The second-order valence-electron chi connectivity index (χ2n) is 4.84. The number of rotatable bonds is 5. The van der Waals surface area contributed by atoms with Crippen molar-refractivity contribution in [3.8, 4) is 5.75 Å². The topological polar surface area (TPSA) is 35.2 Å². The van der Waals surface area contributed by atoms with Gasteiger partial charge in [-0.3, -0.25) is 0 Å². The quantitative estimate of drug-likeness (QED) is 0.889. The number of ether oxygens (including phenoxy) is 1. The molecule has 2 nitrogen and oxygen atoms in total. The van der Waals surface area contributed by atoms with Gasteiger partial charge in [0, 0.05) is 5.92 Å². The Balaban J connectivity index is 2.22. The lowest BCUT2D eigenvalue weighted by Gasteiger charge is -2.17. The van der Waals surface area contributed by atoms with Gasteiger partial charge in [0.15, 0.2) is 0 Å². The lowest BCUT2D eigenvalue weighted by molar-refractivity contribution is 0.413. The van der Waals surface area contributed by atoms with Gasteiger partial charge in [-0.15, -0.1) is 0 Å². The normalized spacial score (nSPS) is 12.2. The molecule has 0 heterocycles. The average Bonchev–Trinajstić information content (AvgIpc) is 2.46. The highest BCUT2D eigenvalue weighted by Crippen LogP contribution is 2.24. The fourth-order valence-electron chi connectivity index (χ4n) is 2.34. The number of benzene rings is 2. The van der Waals surface area contributed by atoms with Crippen LogP contribution < -0.4 is 10.5 Å². The van der Waals surface area contributed by atoms with Crippen molar-refractivity contribution >= 4 is 0 Å². The molecule has 0 radical (unpaired) electrons. The van der Waals surface area contributed by atoms with E-state index in [0.717, 1.165) is 12.2 Å². The summed E-state index contributed by atoms with van der Waals surface area (Å²) in [7, 11) is 1.69. The molecule has 0 bridgehead atoms. The molecule has 0 fully saturated rings. The Kier molecular flexibility index (Phi) is 4.58. The maximum atomic E-state index is 5.95. The summed E-state index contributed by atoms with van der Waals surface area (Å²) in [6.07, 6.45) is 0.969. The second kappa shape index (κ2) is 6.39. The van der Waals surface area contributed by atoms with Crippen molar-refractivity contribution < 1.29 is 4.74 Å². The lowest BCUT2D eigenvalue weighted by atomic mass is 9.90. The van der Waals surface area contributed by atoms with E-state index in [1.54, 1.807) is 7.11 Å². The summed E-state index contributed by atoms with van der Waals surface area (Å²) in [6.45, 7) is 2.79. The molecule has 2 N–H and O–H groups in total. The van der Waals surface area contributed by atoms with Gasteiger partial charge in [-0.25, -0.2) is 0 Å². The van der Waals surface area contributed by atoms with E-state index >= 15 is 0 Å². The van der Waals surface area contributed by atoms with Crippen LogP contribution in [0.4, 0.5) is 0 Å². The van der Waals surface area contributed by atoms with Gasteiger partial charge in [-0.2, -0.15) is 0 Å². The molecule has 1 atom stereocenters. The Bertz CT molecular complexity index is 536. The third kappa shape index (κ3) is 3.36. The predicted octanol–water partition coefficient (Wildman–Crippen LogP) is 3.29. The number of aryl methyl sites for hydroxylation is 1. The van der Waals surface area contributed by atoms with Crippen LogP contribution in [-0.4, -0.2) is 13.7 Å². The summed E-state index contributed by atoms with van der Waals surface area (Å²) >= 11 is 0. The van der Waals surface area contributed by atoms with E-state index in [1.807, 2.05) is 12.1 Å². The minimum atomic E-state index is 0.330. The minimum Gasteiger partial charge on any atom is -0.497 e. The van der Waals surface area contributed by atoms with Crippen LogP contribution in [0.25, 0.3) is 0 Å². The van der Waals surface area contributed by atoms with E-state index in [1.165, 1.54) is 16.7 Å². The summed E-state index contributed by atoms with van der Waals surface area (Å²) < 4.78 is 5.28. The fourth-order valence-corrected chi connectivity index (χ4v) is 2.34. The zero-order chi connectivity index (χ0) is 13.7. The van der Waals surface area contributed by atoms with E-state index in [2.05, 4.69) is 43.3 Å². The fraction of sp³-hybridized carbons (Fsp3) is 0.294. The second-order valence-corrected chi connectivity index (χ2v) is 4.84. The molecule has 19 heavy (non-hydrogen) atoms. The van der Waals surface area contributed by atoms with Crippen LogP contribution in [0.3, 0.4) is 0 Å². The van der Waals surface area contributed by atoms with Crippen molar-refractivity contribution in [2.24, 2.45) is 5.73 Å². The van der Waals surface area contributed by atoms with Gasteiger partial charge in [-0.1, -0.05) is 36.4 Å². The van der Waals surface area contributed by atoms with Crippen LogP contribution in [0, 0.1) is 6.92 Å². The molecule has 2 heteroatoms. The molecule has 0 aliphatic carbocycles. The van der Waals surface area contributed by atoms with E-state index in [4.69, 9.17) is 10.5 Å². The maximum Gasteiger partial charge on any atom is 0.119 e. The molecule has 2 rings (SSSR count). The number of nitrogens with two attached hydrogens (primary N) is 1. The Morgan fingerprint density at radius 3 is 2.58 bits per heavy atom. The van der Waals surface area contributed by atoms with Crippen molar-refractivity contribution in [1.82, 2.24) is 0 Å². The molecule has 1 unspecified atom stereocenters. The Morgan fingerprint density at radius 2 is 1.89 bits per heavy atom. The van der Waals surface area contributed by atoms with Crippen LogP contribution in [0.5, 0.6) is 5.75 Å². The van der Waals surface area contributed by atoms with E-state index in [-0.39, 0.29) is 0 Å². The first-order chi connectivity index (χ1) is 9.24. The van der Waals surface area contributed by atoms with E-state index < -0.39 is 0 Å². The molecule has 2 aromatic carbocycles. The molecule has 0 aromatic heterocycles. The zero-order valence-corrected chi connectivity index (χ0v) is 11.6. The molecular formula is C17H21NO. The summed E-state index contributed by atoms with van der Waals surface area (Å²) in [5.74, 6) is 1.22. The smallest absolute Gasteiger partial charge is 0.119 e. The monoisotopic (exact) mass is 255 g/mol. The number of hydrogen-bond acceptors (Lipinski definition) is 2. The number of hydrogen-bond donors (Lipinski definition) is 1. The van der Waals surface area contributed by atoms with Crippen LogP contribution in [0.1, 0.15) is 22.6 Å². The predicted molar refractivity (Wildman–Crippen MR) is 79.7 cm³/mol. The molecule has 0 saturated heterocycles. The van der Waals surface area contributed by atoms with Crippen LogP contribution in [-0.2, 0) is 6.42 Å². The van der Waals surface area contributed by atoms with Gasteiger partial charge in [-0.05, 0) is 48.7 Å². The van der Waals surface area contributed by atoms with Gasteiger partial charge < -0.3 is 10.5 Å².